The van der Waals surface area contributed by atoms with Crippen LogP contribution in [0, 0.1) is 11.8 Å². The quantitative estimate of drug-likeness (QED) is 0.687. The number of nitrogens with zero attached hydrogens (tertiary/aromatic N) is 3. The van der Waals surface area contributed by atoms with Crippen LogP contribution in [0.1, 0.15) is 69.2 Å². The summed E-state index contributed by atoms with van der Waals surface area (Å²) in [4.78, 5) is 43.9. The number of rotatable bonds is 5. The minimum atomic E-state index is -0.0253. The van der Waals surface area contributed by atoms with E-state index in [9.17, 15) is 14.4 Å². The molecule has 2 aliphatic heterocycles. The number of piperidine rings is 1. The summed E-state index contributed by atoms with van der Waals surface area (Å²) in [6, 6.07) is 10.3. The molecule has 172 valence electrons. The highest BCUT2D eigenvalue weighted by atomic mass is 16.2. The third-order valence-corrected chi connectivity index (χ3v) is 7.77. The molecule has 1 saturated heterocycles. The summed E-state index contributed by atoms with van der Waals surface area (Å²) in [6.45, 7) is 3.23. The molecule has 3 aliphatic rings. The van der Waals surface area contributed by atoms with Crippen molar-refractivity contribution in [2.24, 2.45) is 11.8 Å². The van der Waals surface area contributed by atoms with Crippen LogP contribution < -0.4 is 0 Å². The highest BCUT2D eigenvalue weighted by Crippen LogP contribution is 2.44. The van der Waals surface area contributed by atoms with Gasteiger partial charge in [-0.3, -0.25) is 14.4 Å². The SMILES string of the molecule is CC1=C(c2ccccc2)C(CC(=O)C2CCC(C(=O)N3CCC(=O)CC3)CC2)n2cncc21. The topological polar surface area (TPSA) is 72.3 Å². The highest BCUT2D eigenvalue weighted by Gasteiger charge is 2.36. The smallest absolute Gasteiger partial charge is 0.225 e. The van der Waals surface area contributed by atoms with Gasteiger partial charge in [-0.25, -0.2) is 4.98 Å². The van der Waals surface area contributed by atoms with Crippen molar-refractivity contribution in [2.45, 2.75) is 57.9 Å². The maximum absolute atomic E-state index is 13.4. The van der Waals surface area contributed by atoms with Gasteiger partial charge in [0.15, 0.2) is 0 Å². The summed E-state index contributed by atoms with van der Waals surface area (Å²) < 4.78 is 2.14. The minimum absolute atomic E-state index is 0.00370. The molecule has 6 heteroatoms. The van der Waals surface area contributed by atoms with Crippen LogP contribution >= 0.6 is 0 Å². The molecule has 2 fully saturated rings. The van der Waals surface area contributed by atoms with Crippen molar-refractivity contribution in [1.82, 2.24) is 14.5 Å². The van der Waals surface area contributed by atoms with Crippen molar-refractivity contribution in [3.8, 4) is 0 Å². The van der Waals surface area contributed by atoms with E-state index >= 15 is 0 Å². The van der Waals surface area contributed by atoms with E-state index in [1.54, 1.807) is 0 Å². The largest absolute Gasteiger partial charge is 0.342 e. The Morgan fingerprint density at radius 2 is 1.67 bits per heavy atom. The lowest BCUT2D eigenvalue weighted by atomic mass is 9.77. The minimum Gasteiger partial charge on any atom is -0.342 e. The molecule has 1 unspecified atom stereocenters. The lowest BCUT2D eigenvalue weighted by Crippen LogP contribution is -2.43. The molecule has 1 atom stereocenters. The number of hydrogen-bond donors (Lipinski definition) is 0. The zero-order valence-electron chi connectivity index (χ0n) is 19.2. The third kappa shape index (κ3) is 4.19. The van der Waals surface area contributed by atoms with Gasteiger partial charge in [-0.15, -0.1) is 0 Å². The molecule has 6 nitrogen and oxygen atoms in total. The summed E-state index contributed by atoms with van der Waals surface area (Å²) in [5.74, 6) is 0.729. The molecule has 0 radical (unpaired) electrons. The molecule has 2 aromatic rings. The average Bonchev–Trinajstić information content (AvgIpc) is 3.43. The summed E-state index contributed by atoms with van der Waals surface area (Å²) in [6.07, 6.45) is 8.22. The average molecular weight is 446 g/mol. The van der Waals surface area contributed by atoms with Crippen LogP contribution in [0.4, 0.5) is 0 Å². The van der Waals surface area contributed by atoms with Gasteiger partial charge in [-0.1, -0.05) is 30.3 Å². The maximum atomic E-state index is 13.4. The van der Waals surface area contributed by atoms with Crippen molar-refractivity contribution in [3.63, 3.8) is 0 Å². The Hall–Kier alpha value is -3.02. The van der Waals surface area contributed by atoms with Crippen LogP contribution in [0.15, 0.2) is 42.9 Å². The number of likely N-dealkylation sites (tertiary alicyclic amines) is 1. The lowest BCUT2D eigenvalue weighted by Gasteiger charge is -2.33. The van der Waals surface area contributed by atoms with Crippen molar-refractivity contribution in [2.75, 3.05) is 13.1 Å². The Bertz CT molecular complexity index is 1080. The fourth-order valence-electron chi connectivity index (χ4n) is 5.85. The maximum Gasteiger partial charge on any atom is 0.225 e. The number of ketones is 2. The predicted octanol–water partition coefficient (Wildman–Crippen LogP) is 4.33. The van der Waals surface area contributed by atoms with Crippen LogP contribution in [0.25, 0.3) is 11.1 Å². The molecular formula is C27H31N3O3. The van der Waals surface area contributed by atoms with Crippen molar-refractivity contribution < 1.29 is 14.4 Å². The first-order valence-corrected chi connectivity index (χ1v) is 12.1. The Morgan fingerprint density at radius 3 is 2.36 bits per heavy atom. The van der Waals surface area contributed by atoms with Gasteiger partial charge in [0.25, 0.3) is 0 Å². The van der Waals surface area contributed by atoms with Crippen LogP contribution in [0.2, 0.25) is 0 Å². The first-order chi connectivity index (χ1) is 16.0. The second-order valence-electron chi connectivity index (χ2n) is 9.69. The Balaban J connectivity index is 1.24. The monoisotopic (exact) mass is 445 g/mol. The Morgan fingerprint density at radius 1 is 1.00 bits per heavy atom. The molecule has 1 aromatic heterocycles. The summed E-state index contributed by atoms with van der Waals surface area (Å²) in [5.41, 5.74) is 4.64. The summed E-state index contributed by atoms with van der Waals surface area (Å²) in [5, 5.41) is 0. The summed E-state index contributed by atoms with van der Waals surface area (Å²) in [7, 11) is 0. The van der Waals surface area contributed by atoms with Gasteiger partial charge in [-0.2, -0.15) is 0 Å². The molecular weight excluding hydrogens is 414 g/mol. The molecule has 3 heterocycles. The number of aromatic nitrogens is 2. The standard InChI is InChI=1S/C27H31N3O3/c1-18-24-16-28-17-30(24)23(26(18)20-5-3-2-4-6-20)15-25(32)19-7-9-21(10-8-19)27(33)29-13-11-22(31)12-14-29/h2-6,16-17,19,21,23H,7-15H2,1H3. The van der Waals surface area contributed by atoms with E-state index in [-0.39, 0.29) is 35.4 Å². The lowest BCUT2D eigenvalue weighted by molar-refractivity contribution is -0.140. The van der Waals surface area contributed by atoms with Gasteiger partial charge in [0.1, 0.15) is 11.6 Å². The van der Waals surface area contributed by atoms with Gasteiger partial charge in [0.2, 0.25) is 5.91 Å². The van der Waals surface area contributed by atoms with E-state index in [0.29, 0.717) is 32.4 Å². The van der Waals surface area contributed by atoms with E-state index in [1.165, 1.54) is 11.1 Å². The first-order valence-electron chi connectivity index (χ1n) is 12.1. The molecule has 5 rings (SSSR count). The second kappa shape index (κ2) is 9.08. The van der Waals surface area contributed by atoms with Crippen molar-refractivity contribution in [1.29, 1.82) is 0 Å². The van der Waals surface area contributed by atoms with Crippen LogP contribution in [0.5, 0.6) is 0 Å². The van der Waals surface area contributed by atoms with Gasteiger partial charge in [0.05, 0.1) is 24.3 Å². The fourth-order valence-corrected chi connectivity index (χ4v) is 5.85. The van der Waals surface area contributed by atoms with Gasteiger partial charge < -0.3 is 9.47 Å². The number of imidazole rings is 1. The van der Waals surface area contributed by atoms with E-state index in [0.717, 1.165) is 36.9 Å². The Kier molecular flexibility index (Phi) is 6.00. The van der Waals surface area contributed by atoms with E-state index < -0.39 is 0 Å². The number of benzene rings is 1. The predicted molar refractivity (Wildman–Crippen MR) is 126 cm³/mol. The molecule has 1 saturated carbocycles. The third-order valence-electron chi connectivity index (χ3n) is 7.77. The second-order valence-corrected chi connectivity index (χ2v) is 9.69. The molecule has 1 aromatic carbocycles. The number of amides is 1. The zero-order valence-corrected chi connectivity index (χ0v) is 19.2. The van der Waals surface area contributed by atoms with Gasteiger partial charge >= 0.3 is 0 Å². The van der Waals surface area contributed by atoms with Gasteiger partial charge in [-0.05, 0) is 49.3 Å². The van der Waals surface area contributed by atoms with Crippen LogP contribution in [-0.4, -0.2) is 45.0 Å². The molecule has 0 spiro atoms. The number of carbonyl (C=O) groups is 3. The molecule has 0 N–H and O–H groups in total. The molecule has 0 bridgehead atoms. The molecule has 1 aliphatic carbocycles. The normalized spacial score (nSPS) is 25.3. The number of carbonyl (C=O) groups excluding carboxylic acids is 3. The van der Waals surface area contributed by atoms with Crippen LogP contribution in [-0.2, 0) is 14.4 Å². The number of fused-ring (bicyclic) bond motifs is 1. The fraction of sp³-hybridized carbons (Fsp3) is 0.481. The van der Waals surface area contributed by atoms with Crippen molar-refractivity contribution >= 4 is 28.6 Å². The number of hydrogen-bond acceptors (Lipinski definition) is 4. The van der Waals surface area contributed by atoms with E-state index in [4.69, 9.17) is 0 Å². The van der Waals surface area contributed by atoms with Gasteiger partial charge in [0, 0.05) is 44.2 Å². The number of Topliss-reactive ketones (excluding diaryl/α,β-unsaturated/α-hetero) is 2. The molecule has 1 amide bonds. The van der Waals surface area contributed by atoms with E-state index in [1.807, 2.05) is 35.6 Å². The first kappa shape index (κ1) is 21.8. The van der Waals surface area contributed by atoms with E-state index in [2.05, 4.69) is 28.6 Å². The summed E-state index contributed by atoms with van der Waals surface area (Å²) >= 11 is 0. The van der Waals surface area contributed by atoms with Crippen LogP contribution in [0.3, 0.4) is 0 Å². The highest BCUT2D eigenvalue weighted by molar-refractivity contribution is 5.96. The molecule has 33 heavy (non-hydrogen) atoms. The number of allylic oxidation sites excluding steroid dienone is 2. The Labute approximate surface area is 194 Å². The van der Waals surface area contributed by atoms with Crippen molar-refractivity contribution in [3.05, 3.63) is 54.1 Å². The zero-order chi connectivity index (χ0) is 22.9.